The molecule has 1 saturated heterocycles. The second kappa shape index (κ2) is 8.12. The Morgan fingerprint density at radius 1 is 1.32 bits per heavy atom. The number of anilines is 1. The summed E-state index contributed by atoms with van der Waals surface area (Å²) in [5, 5.41) is 8.52. The fraction of sp³-hybridized carbons (Fsp3) is 0.450. The maximum absolute atomic E-state index is 5.93. The first-order valence-electron chi connectivity index (χ1n) is 9.46. The second-order valence-electron chi connectivity index (χ2n) is 7.05. The summed E-state index contributed by atoms with van der Waals surface area (Å²) in [5.41, 5.74) is 2.49. The number of benzene rings is 1. The van der Waals surface area contributed by atoms with Crippen molar-refractivity contribution in [2.75, 3.05) is 38.3 Å². The molecule has 0 aliphatic carbocycles. The van der Waals surface area contributed by atoms with Crippen LogP contribution in [0.25, 0.3) is 22.3 Å². The molecule has 4 rings (SSSR count). The zero-order valence-electron chi connectivity index (χ0n) is 16.4. The zero-order valence-corrected chi connectivity index (χ0v) is 16.4. The average molecular weight is 383 g/mol. The number of morpholine rings is 1. The van der Waals surface area contributed by atoms with Gasteiger partial charge in [0.25, 0.3) is 0 Å². The van der Waals surface area contributed by atoms with E-state index < -0.39 is 0 Å². The van der Waals surface area contributed by atoms with Crippen LogP contribution in [-0.4, -0.2) is 65.8 Å². The molecule has 0 saturated carbocycles. The number of H-pyrrole nitrogens is 1. The first kappa shape index (κ1) is 18.6. The van der Waals surface area contributed by atoms with E-state index in [1.54, 1.807) is 13.4 Å². The minimum atomic E-state index is -0.0354. The number of hydrogen-bond acceptors (Lipinski definition) is 7. The quantitative estimate of drug-likeness (QED) is 0.700. The van der Waals surface area contributed by atoms with E-state index in [4.69, 9.17) is 14.2 Å². The molecule has 8 heteroatoms. The SMILES string of the molecule is COC[C@@H](C)Oc1ccc2[nH]nc(-c3cc(N4CCO[C@H](C)C4)ncn3)c2c1. The molecule has 2 aromatic heterocycles. The monoisotopic (exact) mass is 383 g/mol. The molecule has 28 heavy (non-hydrogen) atoms. The predicted octanol–water partition coefficient (Wildman–Crippen LogP) is 2.66. The first-order valence-corrected chi connectivity index (χ1v) is 9.46. The normalized spacial score (nSPS) is 18.4. The van der Waals surface area contributed by atoms with Crippen LogP contribution in [0.3, 0.4) is 0 Å². The average Bonchev–Trinajstić information content (AvgIpc) is 3.11. The number of aromatic nitrogens is 4. The van der Waals surface area contributed by atoms with Crippen molar-refractivity contribution in [3.8, 4) is 17.1 Å². The van der Waals surface area contributed by atoms with Gasteiger partial charge in [-0.1, -0.05) is 0 Å². The van der Waals surface area contributed by atoms with Gasteiger partial charge in [-0.2, -0.15) is 5.10 Å². The van der Waals surface area contributed by atoms with Crippen molar-refractivity contribution in [2.45, 2.75) is 26.1 Å². The lowest BCUT2D eigenvalue weighted by atomic mass is 10.1. The third-order valence-corrected chi connectivity index (χ3v) is 4.73. The highest BCUT2D eigenvalue weighted by Gasteiger charge is 2.19. The smallest absolute Gasteiger partial charge is 0.132 e. The summed E-state index contributed by atoms with van der Waals surface area (Å²) in [4.78, 5) is 11.1. The summed E-state index contributed by atoms with van der Waals surface area (Å²) in [6.07, 6.45) is 1.74. The van der Waals surface area contributed by atoms with E-state index in [0.717, 1.165) is 46.9 Å². The van der Waals surface area contributed by atoms with E-state index in [1.165, 1.54) is 0 Å². The number of hydrogen-bond donors (Lipinski definition) is 1. The predicted molar refractivity (Wildman–Crippen MR) is 107 cm³/mol. The Morgan fingerprint density at radius 3 is 3.04 bits per heavy atom. The molecule has 3 aromatic rings. The van der Waals surface area contributed by atoms with Gasteiger partial charge in [0.2, 0.25) is 0 Å². The van der Waals surface area contributed by atoms with Crippen LogP contribution in [0.2, 0.25) is 0 Å². The van der Waals surface area contributed by atoms with Gasteiger partial charge in [-0.3, -0.25) is 5.10 Å². The van der Waals surface area contributed by atoms with Crippen molar-refractivity contribution in [2.24, 2.45) is 0 Å². The largest absolute Gasteiger partial charge is 0.488 e. The molecule has 0 radical (unpaired) electrons. The Bertz CT molecular complexity index is 944. The van der Waals surface area contributed by atoms with Gasteiger partial charge >= 0.3 is 0 Å². The molecule has 3 heterocycles. The molecule has 0 amide bonds. The van der Waals surface area contributed by atoms with Crippen LogP contribution in [0.15, 0.2) is 30.6 Å². The summed E-state index contributed by atoms with van der Waals surface area (Å²) in [5.74, 6) is 1.66. The Kier molecular flexibility index (Phi) is 5.40. The van der Waals surface area contributed by atoms with Gasteiger partial charge in [0.1, 0.15) is 29.7 Å². The second-order valence-corrected chi connectivity index (χ2v) is 7.05. The van der Waals surface area contributed by atoms with Crippen LogP contribution in [0.5, 0.6) is 5.75 Å². The lowest BCUT2D eigenvalue weighted by Crippen LogP contribution is -2.41. The number of nitrogens with one attached hydrogen (secondary N) is 1. The zero-order chi connectivity index (χ0) is 19.5. The molecule has 1 aliphatic heterocycles. The van der Waals surface area contributed by atoms with Crippen molar-refractivity contribution in [3.05, 3.63) is 30.6 Å². The van der Waals surface area contributed by atoms with Crippen LogP contribution in [0.1, 0.15) is 13.8 Å². The third-order valence-electron chi connectivity index (χ3n) is 4.73. The third kappa shape index (κ3) is 3.93. The number of rotatable bonds is 6. The van der Waals surface area contributed by atoms with Crippen LogP contribution < -0.4 is 9.64 Å². The molecule has 1 aliphatic rings. The van der Waals surface area contributed by atoms with Crippen LogP contribution in [-0.2, 0) is 9.47 Å². The van der Waals surface area contributed by atoms with Gasteiger partial charge in [0.15, 0.2) is 0 Å². The molecule has 148 valence electrons. The van der Waals surface area contributed by atoms with Crippen LogP contribution in [0.4, 0.5) is 5.82 Å². The Balaban J connectivity index is 1.64. The highest BCUT2D eigenvalue weighted by Crippen LogP contribution is 2.30. The van der Waals surface area contributed by atoms with Gasteiger partial charge in [-0.25, -0.2) is 9.97 Å². The summed E-state index contributed by atoms with van der Waals surface area (Å²) >= 11 is 0. The van der Waals surface area contributed by atoms with Gasteiger partial charge in [0, 0.05) is 31.7 Å². The van der Waals surface area contributed by atoms with E-state index in [-0.39, 0.29) is 12.2 Å². The molecule has 1 fully saturated rings. The topological polar surface area (TPSA) is 85.4 Å². The fourth-order valence-corrected chi connectivity index (χ4v) is 3.44. The summed E-state index contributed by atoms with van der Waals surface area (Å²) in [6.45, 7) is 6.91. The van der Waals surface area contributed by atoms with Crippen molar-refractivity contribution >= 4 is 16.7 Å². The Labute approximate surface area is 163 Å². The maximum Gasteiger partial charge on any atom is 0.132 e. The molecule has 0 spiro atoms. The fourth-order valence-electron chi connectivity index (χ4n) is 3.44. The van der Waals surface area contributed by atoms with Gasteiger partial charge in [-0.05, 0) is 32.0 Å². The maximum atomic E-state index is 5.93. The Hall–Kier alpha value is -2.71. The minimum Gasteiger partial charge on any atom is -0.488 e. The molecule has 8 nitrogen and oxygen atoms in total. The van der Waals surface area contributed by atoms with Crippen molar-refractivity contribution in [1.29, 1.82) is 0 Å². The van der Waals surface area contributed by atoms with Crippen molar-refractivity contribution in [1.82, 2.24) is 20.2 Å². The number of fused-ring (bicyclic) bond motifs is 1. The highest BCUT2D eigenvalue weighted by atomic mass is 16.5. The van der Waals surface area contributed by atoms with Gasteiger partial charge in [0.05, 0.1) is 30.5 Å². The molecule has 1 N–H and O–H groups in total. The highest BCUT2D eigenvalue weighted by molar-refractivity contribution is 5.93. The van der Waals surface area contributed by atoms with Crippen LogP contribution in [0, 0.1) is 0 Å². The summed E-state index contributed by atoms with van der Waals surface area (Å²) in [7, 11) is 1.67. The molecule has 2 atom stereocenters. The van der Waals surface area contributed by atoms with E-state index in [9.17, 15) is 0 Å². The van der Waals surface area contributed by atoms with E-state index in [2.05, 4.69) is 32.0 Å². The number of methoxy groups -OCH3 is 1. The van der Waals surface area contributed by atoms with Crippen molar-refractivity contribution < 1.29 is 14.2 Å². The van der Waals surface area contributed by atoms with E-state index in [1.807, 2.05) is 31.2 Å². The lowest BCUT2D eigenvalue weighted by Gasteiger charge is -2.31. The first-order chi connectivity index (χ1) is 13.6. The number of nitrogens with zero attached hydrogens (tertiary/aromatic N) is 4. The molecule has 0 bridgehead atoms. The lowest BCUT2D eigenvalue weighted by molar-refractivity contribution is 0.0529. The van der Waals surface area contributed by atoms with E-state index in [0.29, 0.717) is 13.2 Å². The standard InChI is InChI=1S/C20H25N5O3/c1-13-10-25(6-7-27-13)19-9-18(21-12-22-19)20-16-8-15(28-14(2)11-26-3)4-5-17(16)23-24-20/h4-5,8-9,12-14H,6-7,10-11H2,1-3H3,(H,23,24)/t13-,14-/m1/s1. The number of ether oxygens (including phenoxy) is 3. The molecular formula is C20H25N5O3. The van der Waals surface area contributed by atoms with E-state index >= 15 is 0 Å². The summed E-state index contributed by atoms with van der Waals surface area (Å²) in [6, 6.07) is 7.86. The molecular weight excluding hydrogens is 358 g/mol. The van der Waals surface area contributed by atoms with Gasteiger partial charge < -0.3 is 19.1 Å². The summed E-state index contributed by atoms with van der Waals surface area (Å²) < 4.78 is 16.7. The minimum absolute atomic E-state index is 0.0354. The Morgan fingerprint density at radius 2 is 2.21 bits per heavy atom. The molecule has 0 unspecified atom stereocenters. The number of aromatic amines is 1. The van der Waals surface area contributed by atoms with Crippen LogP contribution >= 0.6 is 0 Å². The van der Waals surface area contributed by atoms with Gasteiger partial charge in [-0.15, -0.1) is 0 Å². The molecule has 1 aromatic carbocycles. The van der Waals surface area contributed by atoms with Crippen molar-refractivity contribution in [3.63, 3.8) is 0 Å².